The number of nitrogens with one attached hydrogen (secondary N) is 1. The third-order valence-corrected chi connectivity index (χ3v) is 3.28. The van der Waals surface area contributed by atoms with Gasteiger partial charge in [0.25, 0.3) is 11.6 Å². The Hall–Kier alpha value is -1.62. The highest BCUT2D eigenvalue weighted by Crippen LogP contribution is 2.22. The predicted molar refractivity (Wildman–Crippen MR) is 74.5 cm³/mol. The van der Waals surface area contributed by atoms with Gasteiger partial charge in [-0.2, -0.15) is 0 Å². The van der Waals surface area contributed by atoms with Gasteiger partial charge in [0.2, 0.25) is 0 Å². The van der Waals surface area contributed by atoms with E-state index in [2.05, 4.69) is 5.32 Å². The van der Waals surface area contributed by atoms with Gasteiger partial charge in [0.15, 0.2) is 0 Å². The number of nitrogens with zero attached hydrogens (tertiary/aromatic N) is 1. The molecule has 0 heterocycles. The second-order valence-corrected chi connectivity index (χ2v) is 5.06. The molecule has 1 aromatic rings. The Morgan fingerprint density at radius 3 is 2.53 bits per heavy atom. The predicted octanol–water partition coefficient (Wildman–Crippen LogP) is 3.41. The summed E-state index contributed by atoms with van der Waals surface area (Å²) in [5.41, 5.74) is 0.129. The maximum Gasteiger partial charge on any atom is 0.270 e. The monoisotopic (exact) mass is 284 g/mol. The quantitative estimate of drug-likeness (QED) is 0.665. The van der Waals surface area contributed by atoms with Gasteiger partial charge in [0.05, 0.1) is 15.5 Å². The summed E-state index contributed by atoms with van der Waals surface area (Å²) in [6, 6.07) is 3.89. The first-order valence-electron chi connectivity index (χ1n) is 6.11. The van der Waals surface area contributed by atoms with E-state index in [1.807, 2.05) is 20.8 Å². The Labute approximate surface area is 117 Å². The molecule has 1 N–H and O–H groups in total. The lowest BCUT2D eigenvalue weighted by atomic mass is 10.0. The summed E-state index contributed by atoms with van der Waals surface area (Å²) in [4.78, 5) is 22.1. The van der Waals surface area contributed by atoms with E-state index >= 15 is 0 Å². The van der Waals surface area contributed by atoms with E-state index in [0.29, 0.717) is 5.92 Å². The third-order valence-electron chi connectivity index (χ3n) is 2.97. The van der Waals surface area contributed by atoms with Crippen molar-refractivity contribution in [1.29, 1.82) is 0 Å². The first kappa shape index (κ1) is 15.4. The van der Waals surface area contributed by atoms with E-state index < -0.39 is 4.92 Å². The summed E-state index contributed by atoms with van der Waals surface area (Å²) in [5.74, 6) is 0.00576. The van der Waals surface area contributed by atoms with Gasteiger partial charge in [-0.25, -0.2) is 0 Å². The van der Waals surface area contributed by atoms with E-state index in [1.54, 1.807) is 0 Å². The number of amides is 1. The molecule has 0 saturated heterocycles. The number of hydrogen-bond acceptors (Lipinski definition) is 3. The van der Waals surface area contributed by atoms with E-state index in [4.69, 9.17) is 11.6 Å². The average molecular weight is 285 g/mol. The van der Waals surface area contributed by atoms with Crippen molar-refractivity contribution in [2.45, 2.75) is 33.2 Å². The lowest BCUT2D eigenvalue weighted by molar-refractivity contribution is -0.384. The molecular weight excluding hydrogens is 268 g/mol. The molecule has 0 aliphatic heterocycles. The molecule has 1 unspecified atom stereocenters. The molecule has 1 aromatic carbocycles. The number of rotatable bonds is 5. The zero-order valence-corrected chi connectivity index (χ0v) is 11.9. The number of benzene rings is 1. The van der Waals surface area contributed by atoms with Gasteiger partial charge >= 0.3 is 0 Å². The number of nitro benzene ring substituents is 1. The van der Waals surface area contributed by atoms with Crippen LogP contribution in [0, 0.1) is 16.0 Å². The Kier molecular flexibility index (Phi) is 5.30. The van der Waals surface area contributed by atoms with Crippen LogP contribution in [-0.2, 0) is 0 Å². The molecule has 104 valence electrons. The Morgan fingerprint density at radius 1 is 1.47 bits per heavy atom. The Bertz CT molecular complexity index is 489. The largest absolute Gasteiger partial charge is 0.349 e. The van der Waals surface area contributed by atoms with Crippen LogP contribution in [-0.4, -0.2) is 16.9 Å². The van der Waals surface area contributed by atoms with Crippen LogP contribution < -0.4 is 5.32 Å². The van der Waals surface area contributed by atoms with Gasteiger partial charge in [-0.05, 0) is 18.4 Å². The summed E-state index contributed by atoms with van der Waals surface area (Å²) < 4.78 is 0. The van der Waals surface area contributed by atoms with Crippen LogP contribution in [0.2, 0.25) is 5.02 Å². The van der Waals surface area contributed by atoms with Crippen LogP contribution in [0.4, 0.5) is 5.69 Å². The summed E-state index contributed by atoms with van der Waals surface area (Å²) in [6.45, 7) is 6.03. The fraction of sp³-hybridized carbons (Fsp3) is 0.462. The summed E-state index contributed by atoms with van der Waals surface area (Å²) in [7, 11) is 0. The Balaban J connectivity index is 2.91. The molecule has 1 rings (SSSR count). The second-order valence-electron chi connectivity index (χ2n) is 4.65. The van der Waals surface area contributed by atoms with Crippen LogP contribution >= 0.6 is 11.6 Å². The van der Waals surface area contributed by atoms with Crippen molar-refractivity contribution >= 4 is 23.2 Å². The lowest BCUT2D eigenvalue weighted by Crippen LogP contribution is -2.38. The van der Waals surface area contributed by atoms with E-state index in [9.17, 15) is 14.9 Å². The number of halogens is 1. The minimum absolute atomic E-state index is 0.0544. The maximum atomic E-state index is 12.1. The van der Waals surface area contributed by atoms with Crippen molar-refractivity contribution in [3.05, 3.63) is 38.9 Å². The van der Waals surface area contributed by atoms with E-state index in [0.717, 1.165) is 6.42 Å². The molecule has 0 bridgehead atoms. The minimum atomic E-state index is -0.545. The van der Waals surface area contributed by atoms with Gasteiger partial charge in [-0.1, -0.05) is 32.4 Å². The SMILES string of the molecule is CCC(NC(=O)c1ccc([N+](=O)[O-])cc1Cl)C(C)C. The van der Waals surface area contributed by atoms with Crippen molar-refractivity contribution in [3.8, 4) is 0 Å². The average Bonchev–Trinajstić information content (AvgIpc) is 2.34. The molecule has 0 aromatic heterocycles. The van der Waals surface area contributed by atoms with Gasteiger partial charge < -0.3 is 5.32 Å². The minimum Gasteiger partial charge on any atom is -0.349 e. The van der Waals surface area contributed by atoms with Crippen LogP contribution in [0.5, 0.6) is 0 Å². The van der Waals surface area contributed by atoms with Crippen molar-refractivity contribution in [2.75, 3.05) is 0 Å². The van der Waals surface area contributed by atoms with E-state index in [1.165, 1.54) is 18.2 Å². The van der Waals surface area contributed by atoms with Gasteiger partial charge in [0, 0.05) is 18.2 Å². The standard InChI is InChI=1S/C13H17ClN2O3/c1-4-12(8(2)3)15-13(17)10-6-5-9(16(18)19)7-11(10)14/h5-8,12H,4H2,1-3H3,(H,15,17). The highest BCUT2D eigenvalue weighted by Gasteiger charge is 2.19. The number of hydrogen-bond donors (Lipinski definition) is 1. The highest BCUT2D eigenvalue weighted by molar-refractivity contribution is 6.34. The zero-order chi connectivity index (χ0) is 14.6. The number of non-ortho nitro benzene ring substituents is 1. The van der Waals surface area contributed by atoms with Crippen LogP contribution in [0.3, 0.4) is 0 Å². The summed E-state index contributed by atoms with van der Waals surface area (Å²) in [5, 5.41) is 13.6. The normalized spacial score (nSPS) is 12.3. The van der Waals surface area contributed by atoms with Gasteiger partial charge in [-0.15, -0.1) is 0 Å². The first-order valence-corrected chi connectivity index (χ1v) is 6.49. The molecule has 0 fully saturated rings. The van der Waals surface area contributed by atoms with Crippen molar-refractivity contribution < 1.29 is 9.72 Å². The zero-order valence-electron chi connectivity index (χ0n) is 11.1. The number of carbonyl (C=O) groups excluding carboxylic acids is 1. The summed E-state index contributed by atoms with van der Waals surface area (Å²) in [6.07, 6.45) is 0.813. The molecule has 1 atom stereocenters. The molecule has 0 aliphatic carbocycles. The van der Waals surface area contributed by atoms with Crippen LogP contribution in [0.25, 0.3) is 0 Å². The van der Waals surface area contributed by atoms with Crippen LogP contribution in [0.1, 0.15) is 37.6 Å². The second kappa shape index (κ2) is 6.52. The van der Waals surface area contributed by atoms with Crippen molar-refractivity contribution in [2.24, 2.45) is 5.92 Å². The molecule has 1 amide bonds. The molecule has 6 heteroatoms. The molecule has 0 aliphatic rings. The topological polar surface area (TPSA) is 72.2 Å². The number of carbonyl (C=O) groups is 1. The maximum absolute atomic E-state index is 12.1. The van der Waals surface area contributed by atoms with Crippen LogP contribution in [0.15, 0.2) is 18.2 Å². The van der Waals surface area contributed by atoms with E-state index in [-0.39, 0.29) is 28.2 Å². The Morgan fingerprint density at radius 2 is 2.11 bits per heavy atom. The fourth-order valence-electron chi connectivity index (χ4n) is 1.79. The highest BCUT2D eigenvalue weighted by atomic mass is 35.5. The first-order chi connectivity index (χ1) is 8.86. The molecule has 0 radical (unpaired) electrons. The smallest absolute Gasteiger partial charge is 0.270 e. The fourth-order valence-corrected chi connectivity index (χ4v) is 2.05. The van der Waals surface area contributed by atoms with Gasteiger partial charge in [-0.3, -0.25) is 14.9 Å². The van der Waals surface area contributed by atoms with Gasteiger partial charge in [0.1, 0.15) is 0 Å². The van der Waals surface area contributed by atoms with Crippen molar-refractivity contribution in [3.63, 3.8) is 0 Å². The summed E-state index contributed by atoms with van der Waals surface area (Å²) >= 11 is 5.91. The molecular formula is C13H17ClN2O3. The number of nitro groups is 1. The molecule has 0 saturated carbocycles. The molecule has 0 spiro atoms. The van der Waals surface area contributed by atoms with Crippen molar-refractivity contribution in [1.82, 2.24) is 5.32 Å². The lowest BCUT2D eigenvalue weighted by Gasteiger charge is -2.20. The molecule has 19 heavy (non-hydrogen) atoms. The third kappa shape index (κ3) is 3.92. The molecule has 5 nitrogen and oxygen atoms in total.